The van der Waals surface area contributed by atoms with E-state index in [1.807, 2.05) is 36.9 Å². The number of hydrogen-bond donors (Lipinski definition) is 3. The highest BCUT2D eigenvalue weighted by molar-refractivity contribution is 5.93. The van der Waals surface area contributed by atoms with Crippen molar-refractivity contribution in [2.45, 2.75) is 32.9 Å². The van der Waals surface area contributed by atoms with Gasteiger partial charge < -0.3 is 15.7 Å². The maximum Gasteiger partial charge on any atom is 0.238 e. The average molecular weight is 291 g/mol. The van der Waals surface area contributed by atoms with Crippen molar-refractivity contribution in [3.8, 4) is 0 Å². The highest BCUT2D eigenvalue weighted by Gasteiger charge is 2.27. The molecule has 1 fully saturated rings. The van der Waals surface area contributed by atoms with Gasteiger partial charge in [0.05, 0.1) is 12.6 Å². The van der Waals surface area contributed by atoms with Crippen LogP contribution in [0.25, 0.3) is 0 Å². The van der Waals surface area contributed by atoms with Crippen molar-refractivity contribution in [2.75, 3.05) is 31.5 Å². The first kappa shape index (κ1) is 15.9. The highest BCUT2D eigenvalue weighted by atomic mass is 16.3. The second-order valence-corrected chi connectivity index (χ2v) is 5.80. The Hall–Kier alpha value is -1.43. The van der Waals surface area contributed by atoms with Gasteiger partial charge in [0, 0.05) is 31.4 Å². The van der Waals surface area contributed by atoms with Crippen molar-refractivity contribution >= 4 is 11.6 Å². The summed E-state index contributed by atoms with van der Waals surface area (Å²) in [5, 5.41) is 16.1. The van der Waals surface area contributed by atoms with Crippen LogP contribution < -0.4 is 10.6 Å². The summed E-state index contributed by atoms with van der Waals surface area (Å²) in [7, 11) is 0. The lowest BCUT2D eigenvalue weighted by molar-refractivity contribution is -0.118. The van der Waals surface area contributed by atoms with Gasteiger partial charge in [0.2, 0.25) is 5.91 Å². The molecule has 1 aliphatic rings. The molecule has 0 aliphatic carbocycles. The molecule has 1 amide bonds. The number of rotatable bonds is 4. The number of piperazine rings is 1. The number of aliphatic hydroxyl groups excluding tert-OH is 1. The fourth-order valence-electron chi connectivity index (χ4n) is 2.81. The molecule has 0 bridgehead atoms. The maximum atomic E-state index is 12.3. The van der Waals surface area contributed by atoms with Gasteiger partial charge in [-0.3, -0.25) is 9.69 Å². The van der Waals surface area contributed by atoms with Crippen LogP contribution in [0.1, 0.15) is 18.1 Å². The summed E-state index contributed by atoms with van der Waals surface area (Å²) >= 11 is 0. The molecular weight excluding hydrogens is 266 g/mol. The number of anilines is 1. The Morgan fingerprint density at radius 1 is 1.48 bits per heavy atom. The number of carbonyl (C=O) groups is 1. The van der Waals surface area contributed by atoms with Gasteiger partial charge in [-0.2, -0.15) is 0 Å². The summed E-state index contributed by atoms with van der Waals surface area (Å²) in [6.07, 6.45) is -0.453. The van der Waals surface area contributed by atoms with Crippen LogP contribution in [-0.4, -0.2) is 54.2 Å². The molecule has 5 nitrogen and oxygen atoms in total. The Balaban J connectivity index is 2.01. The molecule has 1 saturated heterocycles. The first-order valence-electron chi connectivity index (χ1n) is 7.48. The minimum atomic E-state index is -0.453. The summed E-state index contributed by atoms with van der Waals surface area (Å²) in [5.74, 6) is -0.0278. The molecule has 1 aromatic carbocycles. The van der Waals surface area contributed by atoms with Gasteiger partial charge in [0.25, 0.3) is 0 Å². The van der Waals surface area contributed by atoms with Crippen LogP contribution in [0.3, 0.4) is 0 Å². The Bertz CT molecular complexity index is 482. The monoisotopic (exact) mass is 291 g/mol. The first-order chi connectivity index (χ1) is 9.99. The van der Waals surface area contributed by atoms with Crippen LogP contribution in [-0.2, 0) is 4.79 Å². The number of aliphatic hydroxyl groups is 1. The van der Waals surface area contributed by atoms with Crippen LogP contribution in [0.15, 0.2) is 18.2 Å². The van der Waals surface area contributed by atoms with E-state index in [0.717, 1.165) is 29.9 Å². The zero-order valence-electron chi connectivity index (χ0n) is 13.0. The van der Waals surface area contributed by atoms with Crippen LogP contribution in [0, 0.1) is 13.8 Å². The van der Waals surface area contributed by atoms with Crippen molar-refractivity contribution in [1.82, 2.24) is 10.2 Å². The molecule has 1 aliphatic heterocycles. The molecule has 1 heterocycles. The Kier molecular flexibility index (Phi) is 5.33. The van der Waals surface area contributed by atoms with Gasteiger partial charge in [-0.05, 0) is 31.9 Å². The molecule has 0 saturated carbocycles. The largest absolute Gasteiger partial charge is 0.392 e. The van der Waals surface area contributed by atoms with Gasteiger partial charge in [-0.15, -0.1) is 0 Å². The van der Waals surface area contributed by atoms with E-state index in [1.54, 1.807) is 6.92 Å². The zero-order chi connectivity index (χ0) is 15.4. The van der Waals surface area contributed by atoms with E-state index in [4.69, 9.17) is 0 Å². The number of para-hydroxylation sites is 1. The van der Waals surface area contributed by atoms with Crippen LogP contribution in [0.2, 0.25) is 0 Å². The molecule has 0 aromatic heterocycles. The number of nitrogens with one attached hydrogen (secondary N) is 2. The number of nitrogens with zero attached hydrogens (tertiary/aromatic N) is 1. The normalized spacial score (nSPS) is 21.0. The van der Waals surface area contributed by atoms with Crippen molar-refractivity contribution in [2.24, 2.45) is 0 Å². The third kappa shape index (κ3) is 4.03. The maximum absolute atomic E-state index is 12.3. The topological polar surface area (TPSA) is 64.6 Å². The summed E-state index contributed by atoms with van der Waals surface area (Å²) in [6, 6.07) is 5.96. The van der Waals surface area contributed by atoms with Crippen molar-refractivity contribution in [1.29, 1.82) is 0 Å². The quantitative estimate of drug-likeness (QED) is 0.771. The smallest absolute Gasteiger partial charge is 0.238 e. The molecule has 3 N–H and O–H groups in total. The summed E-state index contributed by atoms with van der Waals surface area (Å²) in [4.78, 5) is 14.3. The molecule has 2 unspecified atom stereocenters. The van der Waals surface area contributed by atoms with E-state index >= 15 is 0 Å². The number of amides is 1. The second kappa shape index (κ2) is 7.02. The second-order valence-electron chi connectivity index (χ2n) is 5.80. The molecule has 116 valence electrons. The van der Waals surface area contributed by atoms with Crippen molar-refractivity contribution < 1.29 is 9.90 Å². The van der Waals surface area contributed by atoms with Crippen molar-refractivity contribution in [3.05, 3.63) is 29.3 Å². The summed E-state index contributed by atoms with van der Waals surface area (Å²) < 4.78 is 0. The van der Waals surface area contributed by atoms with E-state index in [9.17, 15) is 9.90 Å². The van der Waals surface area contributed by atoms with Gasteiger partial charge in [0.1, 0.15) is 0 Å². The molecule has 0 radical (unpaired) electrons. The summed E-state index contributed by atoms with van der Waals surface area (Å²) in [6.45, 7) is 8.40. The molecular formula is C16H25N3O2. The van der Waals surface area contributed by atoms with Crippen LogP contribution in [0.5, 0.6) is 0 Å². The van der Waals surface area contributed by atoms with E-state index in [2.05, 4.69) is 10.6 Å². The van der Waals surface area contributed by atoms with E-state index < -0.39 is 6.10 Å². The Morgan fingerprint density at radius 2 is 2.14 bits per heavy atom. The van der Waals surface area contributed by atoms with Gasteiger partial charge in [-0.25, -0.2) is 0 Å². The van der Waals surface area contributed by atoms with Gasteiger partial charge >= 0.3 is 0 Å². The number of carbonyl (C=O) groups excluding carboxylic acids is 1. The molecule has 5 heteroatoms. The lowest BCUT2D eigenvalue weighted by Crippen LogP contribution is -2.57. The molecule has 2 atom stereocenters. The van der Waals surface area contributed by atoms with Crippen LogP contribution >= 0.6 is 0 Å². The Labute approximate surface area is 126 Å². The number of hydrogen-bond acceptors (Lipinski definition) is 4. The molecule has 21 heavy (non-hydrogen) atoms. The SMILES string of the molecule is Cc1cccc(C)c1NC(=O)CN1CCNCC1C(C)O. The fraction of sp³-hybridized carbons (Fsp3) is 0.562. The standard InChI is InChI=1S/C16H25N3O2/c1-11-5-4-6-12(2)16(11)18-15(21)10-19-8-7-17-9-14(19)13(3)20/h4-6,13-14,17,20H,7-10H2,1-3H3,(H,18,21). The Morgan fingerprint density at radius 3 is 2.76 bits per heavy atom. The minimum absolute atomic E-state index is 0.0116. The molecule has 2 rings (SSSR count). The third-order valence-electron chi connectivity index (χ3n) is 4.05. The number of aryl methyl sites for hydroxylation is 2. The van der Waals surface area contributed by atoms with Crippen LogP contribution in [0.4, 0.5) is 5.69 Å². The van der Waals surface area contributed by atoms with Gasteiger partial charge in [-0.1, -0.05) is 18.2 Å². The predicted molar refractivity (Wildman–Crippen MR) is 84.5 cm³/mol. The highest BCUT2D eigenvalue weighted by Crippen LogP contribution is 2.19. The van der Waals surface area contributed by atoms with Gasteiger partial charge in [0.15, 0.2) is 0 Å². The lowest BCUT2D eigenvalue weighted by atomic mass is 10.1. The predicted octanol–water partition coefficient (Wildman–Crippen LogP) is 0.897. The minimum Gasteiger partial charge on any atom is -0.392 e. The number of benzene rings is 1. The van der Waals surface area contributed by atoms with Crippen molar-refractivity contribution in [3.63, 3.8) is 0 Å². The third-order valence-corrected chi connectivity index (χ3v) is 4.05. The summed E-state index contributed by atoms with van der Waals surface area (Å²) in [5.41, 5.74) is 3.03. The first-order valence-corrected chi connectivity index (χ1v) is 7.48. The molecule has 1 aromatic rings. The molecule has 0 spiro atoms. The van der Waals surface area contributed by atoms with E-state index in [1.165, 1.54) is 0 Å². The average Bonchev–Trinajstić information content (AvgIpc) is 2.43. The lowest BCUT2D eigenvalue weighted by Gasteiger charge is -2.37. The van der Waals surface area contributed by atoms with E-state index in [0.29, 0.717) is 13.1 Å². The van der Waals surface area contributed by atoms with E-state index in [-0.39, 0.29) is 11.9 Å². The zero-order valence-corrected chi connectivity index (χ0v) is 13.0. The fourth-order valence-corrected chi connectivity index (χ4v) is 2.81.